The van der Waals surface area contributed by atoms with Gasteiger partial charge in [-0.25, -0.2) is 19.2 Å². The minimum atomic E-state index is -0.545. The Balaban J connectivity index is 1.36. The maximum Gasteiger partial charge on any atom is 0.338 e. The average molecular weight is 825 g/mol. The van der Waals surface area contributed by atoms with Crippen LogP contribution in [0.2, 0.25) is 0 Å². The van der Waals surface area contributed by atoms with Gasteiger partial charge in [-0.3, -0.25) is 0 Å². The van der Waals surface area contributed by atoms with Crippen LogP contribution in [0.25, 0.3) is 11.1 Å². The molecule has 0 spiro atoms. The largest absolute Gasteiger partial charge is 0.423 e. The Morgan fingerprint density at radius 2 is 0.565 bits per heavy atom. The van der Waals surface area contributed by atoms with E-state index in [9.17, 15) is 19.2 Å². The fourth-order valence-corrected chi connectivity index (χ4v) is 6.02. The van der Waals surface area contributed by atoms with E-state index in [0.29, 0.717) is 45.7 Å². The van der Waals surface area contributed by atoms with Crippen LogP contribution in [0.3, 0.4) is 0 Å². The van der Waals surface area contributed by atoms with Gasteiger partial charge >= 0.3 is 23.9 Å². The van der Waals surface area contributed by atoms with E-state index >= 15 is 0 Å². The van der Waals surface area contributed by atoms with Gasteiger partial charge in [0.15, 0.2) is 0 Å². The Hall–Kier alpha value is -8.24. The number of rotatable bonds is 15. The minimum Gasteiger partial charge on any atom is -0.423 e. The highest BCUT2D eigenvalue weighted by Gasteiger charge is 2.19. The summed E-state index contributed by atoms with van der Waals surface area (Å²) < 4.78 is 22.3. The molecule has 310 valence electrons. The Bertz CT molecular complexity index is 2400. The van der Waals surface area contributed by atoms with Gasteiger partial charge in [-0.15, -0.1) is 0 Å². The minimum absolute atomic E-state index is 0.266. The van der Waals surface area contributed by atoms with E-state index in [1.54, 1.807) is 100 Å². The van der Waals surface area contributed by atoms with E-state index in [1.165, 1.54) is 0 Å². The Kier molecular flexibility index (Phi) is 13.4. The highest BCUT2D eigenvalue weighted by Crippen LogP contribution is 2.41. The van der Waals surface area contributed by atoms with E-state index < -0.39 is 23.9 Å². The van der Waals surface area contributed by atoms with E-state index in [0.717, 1.165) is 22.5 Å². The van der Waals surface area contributed by atoms with Crippen molar-refractivity contribution < 1.29 is 38.1 Å². The molecule has 10 heteroatoms. The highest BCUT2D eigenvalue weighted by molar-refractivity contribution is 5.91. The molecule has 6 aromatic rings. The molecule has 0 saturated heterocycles. The normalized spacial score (nSPS) is 10.5. The van der Waals surface area contributed by atoms with Crippen LogP contribution in [0.5, 0.6) is 23.0 Å². The lowest BCUT2D eigenvalue weighted by Gasteiger charge is -2.27. The zero-order valence-corrected chi connectivity index (χ0v) is 34.8. The topological polar surface area (TPSA) is 112 Å². The first-order valence-corrected chi connectivity index (χ1v) is 19.4. The van der Waals surface area contributed by atoms with Gasteiger partial charge in [0.1, 0.15) is 23.0 Å². The number of anilines is 6. The molecule has 0 atom stereocenters. The third-order valence-electron chi connectivity index (χ3n) is 9.12. The quantitative estimate of drug-likeness (QED) is 0.0563. The molecule has 0 aliphatic heterocycles. The monoisotopic (exact) mass is 824 g/mol. The zero-order valence-electron chi connectivity index (χ0n) is 34.8. The molecule has 0 N–H and O–H groups in total. The second-order valence-corrected chi connectivity index (χ2v) is 14.4. The molecule has 0 aromatic heterocycles. The van der Waals surface area contributed by atoms with Crippen molar-refractivity contribution in [2.45, 2.75) is 27.7 Å². The fourth-order valence-electron chi connectivity index (χ4n) is 6.02. The Morgan fingerprint density at radius 1 is 0.339 bits per heavy atom. The summed E-state index contributed by atoms with van der Waals surface area (Å²) in [6, 6.07) is 44.2. The number of nitrogens with zero attached hydrogens (tertiary/aromatic N) is 2. The van der Waals surface area contributed by atoms with Crippen LogP contribution < -0.4 is 28.7 Å². The number of hydrogen-bond acceptors (Lipinski definition) is 10. The lowest BCUT2D eigenvalue weighted by atomic mass is 10.0. The smallest absolute Gasteiger partial charge is 0.338 e. The predicted octanol–water partition coefficient (Wildman–Crippen LogP) is 12.2. The molecule has 6 aromatic carbocycles. The van der Waals surface area contributed by atoms with Crippen molar-refractivity contribution >= 4 is 58.0 Å². The molecule has 0 radical (unpaired) electrons. The third-order valence-corrected chi connectivity index (χ3v) is 9.12. The first kappa shape index (κ1) is 43.3. The van der Waals surface area contributed by atoms with Crippen molar-refractivity contribution in [3.8, 4) is 34.1 Å². The van der Waals surface area contributed by atoms with Gasteiger partial charge in [-0.1, -0.05) is 74.8 Å². The summed E-state index contributed by atoms with van der Waals surface area (Å²) in [5, 5.41) is 0. The molecule has 0 bridgehead atoms. The standard InChI is InChI=1S/C52H44N2O8/c1-33(2)49(55)59-45-17-9-13-41(29-45)53(42-14-10-18-46(30-42)60-50(56)34(3)4)39-25-21-37(22-26-39)38-23-27-40(28-24-38)54(43-15-11-19-47(31-43)61-51(57)35(5)6)44-16-12-20-48(32-44)62-52(58)36(7)8/h9-32H,1,3,5,7H2,2,4,6,8H3. The molecule has 0 aliphatic carbocycles. The molecule has 0 unspecified atom stereocenters. The molecule has 0 amide bonds. The number of carbonyl (C=O) groups excluding carboxylic acids is 4. The Morgan fingerprint density at radius 3 is 0.774 bits per heavy atom. The van der Waals surface area contributed by atoms with Gasteiger partial charge in [0.2, 0.25) is 0 Å². The van der Waals surface area contributed by atoms with Gasteiger partial charge in [0, 0.05) is 80.7 Å². The van der Waals surface area contributed by atoms with Gasteiger partial charge in [0.25, 0.3) is 0 Å². The fraction of sp³-hybridized carbons (Fsp3) is 0.0769. The van der Waals surface area contributed by atoms with E-state index in [2.05, 4.69) is 26.3 Å². The maximum atomic E-state index is 12.4. The van der Waals surface area contributed by atoms with Crippen molar-refractivity contribution in [2.24, 2.45) is 0 Å². The maximum absolute atomic E-state index is 12.4. The van der Waals surface area contributed by atoms with E-state index in [4.69, 9.17) is 18.9 Å². The molecule has 6 rings (SSSR count). The second-order valence-electron chi connectivity index (χ2n) is 14.4. The molecular formula is C52H44N2O8. The van der Waals surface area contributed by atoms with Crippen LogP contribution in [-0.2, 0) is 19.2 Å². The molecule has 0 saturated carbocycles. The van der Waals surface area contributed by atoms with Crippen LogP contribution in [-0.4, -0.2) is 23.9 Å². The van der Waals surface area contributed by atoms with Crippen LogP contribution in [0.15, 0.2) is 194 Å². The summed E-state index contributed by atoms with van der Waals surface area (Å²) in [4.78, 5) is 53.6. The summed E-state index contributed by atoms with van der Waals surface area (Å²) >= 11 is 0. The highest BCUT2D eigenvalue weighted by atomic mass is 16.5. The summed E-state index contributed by atoms with van der Waals surface area (Å²) in [6.07, 6.45) is 0. The van der Waals surface area contributed by atoms with Crippen molar-refractivity contribution in [3.05, 3.63) is 194 Å². The van der Waals surface area contributed by atoms with Crippen LogP contribution in [0, 0.1) is 0 Å². The summed E-state index contributed by atoms with van der Waals surface area (Å²) in [7, 11) is 0. The Labute approximate surface area is 360 Å². The number of esters is 4. The van der Waals surface area contributed by atoms with Gasteiger partial charge in [-0.2, -0.15) is 0 Å². The molecular weight excluding hydrogens is 781 g/mol. The molecule has 0 aliphatic rings. The van der Waals surface area contributed by atoms with Crippen molar-refractivity contribution in [3.63, 3.8) is 0 Å². The number of benzene rings is 6. The van der Waals surface area contributed by atoms with Gasteiger partial charge in [0.05, 0.1) is 0 Å². The first-order chi connectivity index (χ1) is 29.7. The lowest BCUT2D eigenvalue weighted by Crippen LogP contribution is -2.13. The lowest BCUT2D eigenvalue weighted by molar-refractivity contribution is -0.130. The molecule has 62 heavy (non-hydrogen) atoms. The summed E-state index contributed by atoms with van der Waals surface area (Å²) in [6.45, 7) is 21.1. The number of ether oxygens (including phenoxy) is 4. The van der Waals surface area contributed by atoms with Gasteiger partial charge in [-0.05, 0) is 112 Å². The zero-order chi connectivity index (χ0) is 44.5. The van der Waals surface area contributed by atoms with Crippen LogP contribution in [0.1, 0.15) is 27.7 Å². The SMILES string of the molecule is C=C(C)C(=O)Oc1cccc(N(c2ccc(-c3ccc(N(c4cccc(OC(=O)C(=C)C)c4)c4cccc(OC(=O)C(=C)C)c4)cc3)cc2)c2cccc(OC(=O)C(=C)C)c2)c1. The molecule has 0 heterocycles. The second kappa shape index (κ2) is 19.2. The first-order valence-electron chi connectivity index (χ1n) is 19.4. The number of carbonyl (C=O) groups is 4. The van der Waals surface area contributed by atoms with E-state index in [1.807, 2.05) is 82.6 Å². The predicted molar refractivity (Wildman–Crippen MR) is 243 cm³/mol. The van der Waals surface area contributed by atoms with Gasteiger partial charge < -0.3 is 28.7 Å². The summed E-state index contributed by atoms with van der Waals surface area (Å²) in [5.74, 6) is -0.865. The van der Waals surface area contributed by atoms with Crippen molar-refractivity contribution in [2.75, 3.05) is 9.80 Å². The molecule has 0 fully saturated rings. The van der Waals surface area contributed by atoms with E-state index in [-0.39, 0.29) is 22.3 Å². The molecule has 10 nitrogen and oxygen atoms in total. The van der Waals surface area contributed by atoms with Crippen LogP contribution >= 0.6 is 0 Å². The number of hydrogen-bond donors (Lipinski definition) is 0. The third kappa shape index (κ3) is 10.7. The summed E-state index contributed by atoms with van der Waals surface area (Å²) in [5.41, 5.74) is 7.14. The average Bonchev–Trinajstić information content (AvgIpc) is 3.25. The van der Waals surface area contributed by atoms with Crippen molar-refractivity contribution in [1.29, 1.82) is 0 Å². The van der Waals surface area contributed by atoms with Crippen molar-refractivity contribution in [1.82, 2.24) is 0 Å². The van der Waals surface area contributed by atoms with Crippen LogP contribution in [0.4, 0.5) is 34.1 Å².